The summed E-state index contributed by atoms with van der Waals surface area (Å²) in [7, 11) is -3.42. The number of rotatable bonds is 4. The average Bonchev–Trinajstić information content (AvgIpc) is 2.39. The lowest BCUT2D eigenvalue weighted by molar-refractivity contribution is 0.171. The summed E-state index contributed by atoms with van der Waals surface area (Å²) in [6.45, 7) is 0. The van der Waals surface area contributed by atoms with Gasteiger partial charge in [0.2, 0.25) is 0 Å². The Hall–Kier alpha value is -1.65. The largest absolute Gasteiger partial charge is 0.387 e. The van der Waals surface area contributed by atoms with Crippen LogP contribution < -0.4 is 0 Å². The van der Waals surface area contributed by atoms with E-state index in [-0.39, 0.29) is 0 Å². The van der Waals surface area contributed by atoms with Crippen LogP contribution in [0.25, 0.3) is 0 Å². The van der Waals surface area contributed by atoms with Gasteiger partial charge in [0.15, 0.2) is 9.84 Å². The van der Waals surface area contributed by atoms with Crippen molar-refractivity contribution in [2.45, 2.75) is 11.4 Å². The molecule has 0 aromatic heterocycles. The second-order valence-electron chi connectivity index (χ2n) is 4.52. The van der Waals surface area contributed by atoms with Crippen LogP contribution in [-0.4, -0.2) is 19.8 Å². The van der Waals surface area contributed by atoms with Crippen LogP contribution in [0.3, 0.4) is 0 Å². The minimum absolute atomic E-state index is 0.598. The second kappa shape index (κ2) is 5.55. The third-order valence-electron chi connectivity index (χ3n) is 3.02. The lowest BCUT2D eigenvalue weighted by atomic mass is 10.0. The van der Waals surface area contributed by atoms with Crippen molar-refractivity contribution in [1.82, 2.24) is 0 Å². The molecule has 0 aliphatic carbocycles. The van der Waals surface area contributed by atoms with Crippen molar-refractivity contribution in [2.24, 2.45) is 0 Å². The number of sulfone groups is 1. The molecule has 19 heavy (non-hydrogen) atoms. The average molecular weight is 276 g/mol. The lowest BCUT2D eigenvalue weighted by Crippen LogP contribution is -2.19. The molecule has 3 nitrogen and oxygen atoms in total. The first-order valence-electron chi connectivity index (χ1n) is 5.97. The minimum Gasteiger partial charge on any atom is -0.387 e. The van der Waals surface area contributed by atoms with Crippen LogP contribution in [0.15, 0.2) is 60.7 Å². The molecule has 100 valence electrons. The molecule has 1 N–H and O–H groups in total. The Labute approximate surface area is 113 Å². The fraction of sp³-hybridized carbons (Fsp3) is 0.200. The maximum Gasteiger partial charge on any atom is 0.157 e. The smallest absolute Gasteiger partial charge is 0.157 e. The van der Waals surface area contributed by atoms with Crippen LogP contribution in [0.1, 0.15) is 22.5 Å². The van der Waals surface area contributed by atoms with E-state index in [1.807, 2.05) is 12.1 Å². The molecule has 2 unspecified atom stereocenters. The van der Waals surface area contributed by atoms with E-state index in [9.17, 15) is 13.5 Å². The summed E-state index contributed by atoms with van der Waals surface area (Å²) < 4.78 is 24.0. The van der Waals surface area contributed by atoms with Crippen molar-refractivity contribution in [3.63, 3.8) is 0 Å². The lowest BCUT2D eigenvalue weighted by Gasteiger charge is -2.22. The molecule has 0 aliphatic rings. The Kier molecular flexibility index (Phi) is 4.02. The second-order valence-corrected chi connectivity index (χ2v) is 6.68. The minimum atomic E-state index is -3.42. The topological polar surface area (TPSA) is 54.4 Å². The van der Waals surface area contributed by atoms with Gasteiger partial charge in [0.25, 0.3) is 0 Å². The van der Waals surface area contributed by atoms with Crippen LogP contribution in [0.2, 0.25) is 0 Å². The standard InChI is InChI=1S/C15H16O3S/c1-19(17,18)15(13-10-6-3-7-11-13)14(16)12-8-4-2-5-9-12/h2-11,14-16H,1H3. The van der Waals surface area contributed by atoms with Gasteiger partial charge in [0.1, 0.15) is 5.25 Å². The first kappa shape index (κ1) is 13.8. The highest BCUT2D eigenvalue weighted by molar-refractivity contribution is 7.91. The van der Waals surface area contributed by atoms with E-state index in [4.69, 9.17) is 0 Å². The quantitative estimate of drug-likeness (QED) is 0.933. The van der Waals surface area contributed by atoms with Crippen molar-refractivity contribution in [2.75, 3.05) is 6.26 Å². The number of hydrogen-bond acceptors (Lipinski definition) is 3. The molecule has 0 saturated carbocycles. The maximum atomic E-state index is 12.0. The zero-order valence-corrected chi connectivity index (χ0v) is 11.4. The summed E-state index contributed by atoms with van der Waals surface area (Å²) in [4.78, 5) is 0. The maximum absolute atomic E-state index is 12.0. The van der Waals surface area contributed by atoms with Gasteiger partial charge in [-0.2, -0.15) is 0 Å². The highest BCUT2D eigenvalue weighted by atomic mass is 32.2. The molecule has 0 amide bonds. The molecule has 2 aromatic rings. The van der Waals surface area contributed by atoms with E-state index in [1.165, 1.54) is 0 Å². The summed E-state index contributed by atoms with van der Waals surface area (Å²) in [6.07, 6.45) is 0.0789. The van der Waals surface area contributed by atoms with Crippen LogP contribution in [-0.2, 0) is 9.84 Å². The van der Waals surface area contributed by atoms with Gasteiger partial charge >= 0.3 is 0 Å². The Bertz CT molecular complexity index is 621. The molecule has 0 radical (unpaired) electrons. The number of benzene rings is 2. The van der Waals surface area contributed by atoms with E-state index >= 15 is 0 Å². The van der Waals surface area contributed by atoms with Crippen molar-refractivity contribution in [3.05, 3.63) is 71.8 Å². The molecule has 2 atom stereocenters. The van der Waals surface area contributed by atoms with Gasteiger partial charge in [-0.15, -0.1) is 0 Å². The third kappa shape index (κ3) is 3.22. The summed E-state index contributed by atoms with van der Waals surface area (Å²) in [6, 6.07) is 17.6. The zero-order chi connectivity index (χ0) is 13.9. The molecule has 4 heteroatoms. The van der Waals surface area contributed by atoms with Gasteiger partial charge in [-0.3, -0.25) is 0 Å². The van der Waals surface area contributed by atoms with Crippen molar-refractivity contribution in [1.29, 1.82) is 0 Å². The third-order valence-corrected chi connectivity index (χ3v) is 4.47. The van der Waals surface area contributed by atoms with Gasteiger partial charge in [0.05, 0.1) is 6.10 Å². The SMILES string of the molecule is CS(=O)(=O)C(c1ccccc1)C(O)c1ccccc1. The van der Waals surface area contributed by atoms with Gasteiger partial charge in [-0.1, -0.05) is 60.7 Å². The van der Waals surface area contributed by atoms with Crippen LogP contribution in [0.5, 0.6) is 0 Å². The fourth-order valence-corrected chi connectivity index (χ4v) is 3.41. The normalized spacial score (nSPS) is 14.8. The van der Waals surface area contributed by atoms with Crippen LogP contribution in [0.4, 0.5) is 0 Å². The molecule has 2 aromatic carbocycles. The van der Waals surface area contributed by atoms with E-state index in [0.717, 1.165) is 6.26 Å². The first-order chi connectivity index (χ1) is 9.00. The highest BCUT2D eigenvalue weighted by Crippen LogP contribution is 2.34. The predicted molar refractivity (Wildman–Crippen MR) is 75.4 cm³/mol. The molecule has 0 aliphatic heterocycles. The molecule has 2 rings (SSSR count). The summed E-state index contributed by atoms with van der Waals surface area (Å²) >= 11 is 0. The molecule has 0 spiro atoms. The monoisotopic (exact) mass is 276 g/mol. The molecular formula is C15H16O3S. The molecule has 0 heterocycles. The predicted octanol–water partition coefficient (Wildman–Crippen LogP) is 2.51. The summed E-state index contributed by atoms with van der Waals surface area (Å²) in [5, 5.41) is 9.44. The first-order valence-corrected chi connectivity index (χ1v) is 7.92. The molecule has 0 saturated heterocycles. The van der Waals surface area contributed by atoms with Crippen molar-refractivity contribution < 1.29 is 13.5 Å². The Balaban J connectivity index is 2.46. The fourth-order valence-electron chi connectivity index (χ4n) is 2.13. The summed E-state index contributed by atoms with van der Waals surface area (Å²) in [5.74, 6) is 0. The van der Waals surface area contributed by atoms with Gasteiger partial charge < -0.3 is 5.11 Å². The number of hydrogen-bond donors (Lipinski definition) is 1. The Morgan fingerprint density at radius 1 is 0.842 bits per heavy atom. The number of aliphatic hydroxyl groups is 1. The molecular weight excluding hydrogens is 260 g/mol. The zero-order valence-electron chi connectivity index (χ0n) is 10.6. The molecule has 0 bridgehead atoms. The Morgan fingerprint density at radius 3 is 1.68 bits per heavy atom. The van der Waals surface area contributed by atoms with Crippen LogP contribution in [0, 0.1) is 0 Å². The van der Waals surface area contributed by atoms with E-state index in [2.05, 4.69) is 0 Å². The molecule has 0 fully saturated rings. The summed E-state index contributed by atoms with van der Waals surface area (Å²) in [5.41, 5.74) is 1.20. The van der Waals surface area contributed by atoms with E-state index in [1.54, 1.807) is 48.5 Å². The highest BCUT2D eigenvalue weighted by Gasteiger charge is 2.31. The van der Waals surface area contributed by atoms with Crippen molar-refractivity contribution in [3.8, 4) is 0 Å². The van der Waals surface area contributed by atoms with E-state index in [0.29, 0.717) is 11.1 Å². The Morgan fingerprint density at radius 2 is 1.26 bits per heavy atom. The van der Waals surface area contributed by atoms with Crippen molar-refractivity contribution >= 4 is 9.84 Å². The van der Waals surface area contributed by atoms with Gasteiger partial charge in [-0.25, -0.2) is 8.42 Å². The van der Waals surface area contributed by atoms with Gasteiger partial charge in [-0.05, 0) is 11.1 Å². The van der Waals surface area contributed by atoms with Crippen LogP contribution >= 0.6 is 0 Å². The van der Waals surface area contributed by atoms with Gasteiger partial charge in [0, 0.05) is 6.26 Å². The van der Waals surface area contributed by atoms with E-state index < -0.39 is 21.2 Å². The number of aliphatic hydroxyl groups excluding tert-OH is 1.